The van der Waals surface area contributed by atoms with E-state index in [4.69, 9.17) is 23.2 Å². The van der Waals surface area contributed by atoms with Crippen LogP contribution in [0.25, 0.3) is 0 Å². The van der Waals surface area contributed by atoms with Gasteiger partial charge < -0.3 is 5.32 Å². The third kappa shape index (κ3) is 3.36. The average molecular weight is 287 g/mol. The van der Waals surface area contributed by atoms with E-state index in [0.29, 0.717) is 15.7 Å². The molecule has 2 rings (SSSR count). The molecule has 0 bridgehead atoms. The Morgan fingerprint density at radius 1 is 1.18 bits per heavy atom. The molecule has 0 aliphatic heterocycles. The maximum atomic E-state index is 11.6. The van der Waals surface area contributed by atoms with Crippen LogP contribution in [0.3, 0.4) is 0 Å². The number of carbonyl (C=O) groups excluding carboxylic acids is 1. The number of nitrogens with one attached hydrogen (secondary N) is 2. The summed E-state index contributed by atoms with van der Waals surface area (Å²) in [6.07, 6.45) is 0. The highest BCUT2D eigenvalue weighted by molar-refractivity contribution is 7.14. The Hall–Kier alpha value is -1.23. The van der Waals surface area contributed by atoms with Crippen molar-refractivity contribution in [3.8, 4) is 0 Å². The highest BCUT2D eigenvalue weighted by Gasteiger charge is 2.06. The molecular weight excluding hydrogens is 279 g/mol. The van der Waals surface area contributed by atoms with Crippen LogP contribution in [0.4, 0.5) is 15.5 Å². The first-order chi connectivity index (χ1) is 8.15. The number of halogens is 2. The molecule has 0 aliphatic rings. The van der Waals surface area contributed by atoms with Crippen LogP contribution in [-0.2, 0) is 0 Å². The summed E-state index contributed by atoms with van der Waals surface area (Å²) < 4.78 is 0. The SMILES string of the molecule is O=C(Nc1cccs1)Nc1cc(Cl)ccc1Cl. The molecule has 1 aromatic heterocycles. The Morgan fingerprint density at radius 2 is 2.00 bits per heavy atom. The number of carbonyl (C=O) groups is 1. The first-order valence-corrected chi connectivity index (χ1v) is 6.35. The summed E-state index contributed by atoms with van der Waals surface area (Å²) >= 11 is 13.2. The zero-order valence-electron chi connectivity index (χ0n) is 8.54. The summed E-state index contributed by atoms with van der Waals surface area (Å²) in [6.45, 7) is 0. The molecule has 2 amide bonds. The molecule has 0 saturated carbocycles. The number of benzene rings is 1. The monoisotopic (exact) mass is 286 g/mol. The van der Waals surface area contributed by atoms with Crippen molar-refractivity contribution in [1.29, 1.82) is 0 Å². The van der Waals surface area contributed by atoms with Crippen LogP contribution in [0.5, 0.6) is 0 Å². The quantitative estimate of drug-likeness (QED) is 0.826. The summed E-state index contributed by atoms with van der Waals surface area (Å²) in [4.78, 5) is 11.6. The van der Waals surface area contributed by atoms with E-state index in [2.05, 4.69) is 10.6 Å². The zero-order valence-corrected chi connectivity index (χ0v) is 10.9. The lowest BCUT2D eigenvalue weighted by Crippen LogP contribution is -2.18. The fourth-order valence-electron chi connectivity index (χ4n) is 1.21. The fourth-order valence-corrected chi connectivity index (χ4v) is 2.16. The smallest absolute Gasteiger partial charge is 0.306 e. The van der Waals surface area contributed by atoms with Crippen LogP contribution in [0.1, 0.15) is 0 Å². The van der Waals surface area contributed by atoms with Crippen molar-refractivity contribution < 1.29 is 4.79 Å². The van der Waals surface area contributed by atoms with Gasteiger partial charge in [0, 0.05) is 5.02 Å². The van der Waals surface area contributed by atoms with E-state index in [1.54, 1.807) is 18.2 Å². The maximum Gasteiger partial charge on any atom is 0.324 e. The number of thiophene rings is 1. The molecule has 88 valence electrons. The Labute approximate surface area is 112 Å². The number of urea groups is 1. The Kier molecular flexibility index (Phi) is 3.89. The topological polar surface area (TPSA) is 41.1 Å². The molecule has 2 aromatic rings. The molecular formula is C11H8Cl2N2OS. The van der Waals surface area contributed by atoms with E-state index in [9.17, 15) is 4.79 Å². The predicted molar refractivity (Wildman–Crippen MR) is 73.4 cm³/mol. The van der Waals surface area contributed by atoms with Gasteiger partial charge in [0.05, 0.1) is 15.7 Å². The highest BCUT2D eigenvalue weighted by Crippen LogP contribution is 2.25. The molecule has 0 atom stereocenters. The van der Waals surface area contributed by atoms with Gasteiger partial charge in [0.25, 0.3) is 0 Å². The summed E-state index contributed by atoms with van der Waals surface area (Å²) in [7, 11) is 0. The summed E-state index contributed by atoms with van der Waals surface area (Å²) in [6, 6.07) is 8.20. The molecule has 0 saturated heterocycles. The van der Waals surface area contributed by atoms with Gasteiger partial charge in [0.2, 0.25) is 0 Å². The second-order valence-corrected chi connectivity index (χ2v) is 4.97. The average Bonchev–Trinajstić information content (AvgIpc) is 2.76. The molecule has 1 aromatic carbocycles. The van der Waals surface area contributed by atoms with Crippen molar-refractivity contribution in [2.75, 3.05) is 10.6 Å². The summed E-state index contributed by atoms with van der Waals surface area (Å²) in [5, 5.41) is 8.91. The second-order valence-electron chi connectivity index (χ2n) is 3.18. The number of hydrogen-bond acceptors (Lipinski definition) is 2. The molecule has 0 fully saturated rings. The van der Waals surface area contributed by atoms with Crippen molar-refractivity contribution in [2.24, 2.45) is 0 Å². The number of amides is 2. The van der Waals surface area contributed by atoms with E-state index in [0.717, 1.165) is 5.00 Å². The van der Waals surface area contributed by atoms with E-state index >= 15 is 0 Å². The zero-order chi connectivity index (χ0) is 12.3. The minimum atomic E-state index is -0.350. The summed E-state index contributed by atoms with van der Waals surface area (Å²) in [5.41, 5.74) is 0.480. The largest absolute Gasteiger partial charge is 0.324 e. The molecule has 0 spiro atoms. The van der Waals surface area contributed by atoms with Gasteiger partial charge in [-0.05, 0) is 35.7 Å². The van der Waals surface area contributed by atoms with Crippen LogP contribution in [0, 0.1) is 0 Å². The third-order valence-electron chi connectivity index (χ3n) is 1.93. The third-order valence-corrected chi connectivity index (χ3v) is 3.28. The van der Waals surface area contributed by atoms with Gasteiger partial charge in [-0.2, -0.15) is 0 Å². The number of rotatable bonds is 2. The van der Waals surface area contributed by atoms with Gasteiger partial charge in [0.15, 0.2) is 0 Å². The minimum absolute atomic E-state index is 0.350. The van der Waals surface area contributed by atoms with Crippen molar-refractivity contribution >= 4 is 51.3 Å². The minimum Gasteiger partial charge on any atom is -0.306 e. The Balaban J connectivity index is 2.05. The van der Waals surface area contributed by atoms with E-state index < -0.39 is 0 Å². The van der Waals surface area contributed by atoms with Gasteiger partial charge in [-0.3, -0.25) is 5.32 Å². The number of anilines is 2. The molecule has 0 aliphatic carbocycles. The van der Waals surface area contributed by atoms with Crippen LogP contribution in [-0.4, -0.2) is 6.03 Å². The van der Waals surface area contributed by atoms with E-state index in [1.807, 2.05) is 17.5 Å². The van der Waals surface area contributed by atoms with Gasteiger partial charge in [-0.25, -0.2) is 4.79 Å². The molecule has 1 heterocycles. The maximum absolute atomic E-state index is 11.6. The molecule has 6 heteroatoms. The highest BCUT2D eigenvalue weighted by atomic mass is 35.5. The van der Waals surface area contributed by atoms with Crippen molar-refractivity contribution in [3.05, 3.63) is 45.8 Å². The standard InChI is InChI=1S/C11H8Cl2N2OS/c12-7-3-4-8(13)9(6-7)14-11(16)15-10-2-1-5-17-10/h1-6H,(H2,14,15,16). The lowest BCUT2D eigenvalue weighted by atomic mass is 10.3. The van der Waals surface area contributed by atoms with Crippen molar-refractivity contribution in [3.63, 3.8) is 0 Å². The van der Waals surface area contributed by atoms with Crippen LogP contribution in [0.15, 0.2) is 35.7 Å². The normalized spacial score (nSPS) is 10.0. The Morgan fingerprint density at radius 3 is 2.71 bits per heavy atom. The Bertz CT molecular complexity index is 528. The number of hydrogen-bond donors (Lipinski definition) is 2. The lowest BCUT2D eigenvalue weighted by molar-refractivity contribution is 0.262. The second kappa shape index (κ2) is 5.40. The summed E-state index contributed by atoms with van der Waals surface area (Å²) in [5.74, 6) is 0. The van der Waals surface area contributed by atoms with Crippen molar-refractivity contribution in [2.45, 2.75) is 0 Å². The fraction of sp³-hybridized carbons (Fsp3) is 0. The van der Waals surface area contributed by atoms with Gasteiger partial charge in [-0.1, -0.05) is 23.2 Å². The van der Waals surface area contributed by atoms with Crippen LogP contribution in [0.2, 0.25) is 10.0 Å². The van der Waals surface area contributed by atoms with Gasteiger partial charge in [-0.15, -0.1) is 11.3 Å². The van der Waals surface area contributed by atoms with Gasteiger partial charge >= 0.3 is 6.03 Å². The van der Waals surface area contributed by atoms with Crippen LogP contribution < -0.4 is 10.6 Å². The molecule has 0 radical (unpaired) electrons. The first-order valence-electron chi connectivity index (χ1n) is 4.72. The van der Waals surface area contributed by atoms with Gasteiger partial charge in [0.1, 0.15) is 0 Å². The van der Waals surface area contributed by atoms with Crippen LogP contribution >= 0.6 is 34.5 Å². The molecule has 0 unspecified atom stereocenters. The van der Waals surface area contributed by atoms with Crippen molar-refractivity contribution in [1.82, 2.24) is 0 Å². The molecule has 3 nitrogen and oxygen atoms in total. The molecule has 2 N–H and O–H groups in total. The lowest BCUT2D eigenvalue weighted by Gasteiger charge is -2.07. The predicted octanol–water partition coefficient (Wildman–Crippen LogP) is 4.70. The van der Waals surface area contributed by atoms with E-state index in [1.165, 1.54) is 11.3 Å². The first kappa shape index (κ1) is 12.2. The molecule has 17 heavy (non-hydrogen) atoms. The van der Waals surface area contributed by atoms with E-state index in [-0.39, 0.29) is 6.03 Å².